The molecule has 25 heavy (non-hydrogen) atoms. The fourth-order valence-corrected chi connectivity index (χ4v) is 3.92. The Balaban J connectivity index is 1.81. The number of amides is 1. The van der Waals surface area contributed by atoms with Crippen molar-refractivity contribution in [2.75, 3.05) is 24.5 Å². The van der Waals surface area contributed by atoms with E-state index in [-0.39, 0.29) is 23.9 Å². The molecule has 1 amide bonds. The van der Waals surface area contributed by atoms with Crippen molar-refractivity contribution >= 4 is 32.7 Å². The van der Waals surface area contributed by atoms with E-state index in [0.717, 1.165) is 25.8 Å². The van der Waals surface area contributed by atoms with E-state index >= 15 is 0 Å². The summed E-state index contributed by atoms with van der Waals surface area (Å²) in [6.45, 7) is 4.10. The highest BCUT2D eigenvalue weighted by atomic mass is 32.1. The molecule has 3 heterocycles. The van der Waals surface area contributed by atoms with Crippen LogP contribution in [-0.4, -0.2) is 40.1 Å². The number of thiazole rings is 1. The SMILES string of the molecule is CCCNC(=O)C1CCCN(c2nc3ncn(CC#N)c(=O)c3s2)C1. The van der Waals surface area contributed by atoms with Gasteiger partial charge in [0.05, 0.1) is 12.0 Å². The first-order valence-corrected chi connectivity index (χ1v) is 9.21. The van der Waals surface area contributed by atoms with Crippen molar-refractivity contribution in [1.82, 2.24) is 19.9 Å². The highest BCUT2D eigenvalue weighted by Crippen LogP contribution is 2.29. The molecule has 9 heteroatoms. The molecule has 0 aromatic carbocycles. The molecule has 1 N–H and O–H groups in total. The summed E-state index contributed by atoms with van der Waals surface area (Å²) < 4.78 is 1.73. The van der Waals surface area contributed by atoms with Crippen LogP contribution in [0.2, 0.25) is 0 Å². The molecule has 132 valence electrons. The zero-order valence-electron chi connectivity index (χ0n) is 14.1. The van der Waals surface area contributed by atoms with E-state index in [9.17, 15) is 9.59 Å². The molecule has 8 nitrogen and oxygen atoms in total. The first-order valence-electron chi connectivity index (χ1n) is 8.39. The molecule has 1 unspecified atom stereocenters. The molecule has 1 fully saturated rings. The van der Waals surface area contributed by atoms with Gasteiger partial charge in [-0.15, -0.1) is 0 Å². The van der Waals surface area contributed by atoms with E-state index in [1.807, 2.05) is 13.0 Å². The van der Waals surface area contributed by atoms with Crippen molar-refractivity contribution < 1.29 is 4.79 Å². The van der Waals surface area contributed by atoms with Gasteiger partial charge in [0.15, 0.2) is 10.8 Å². The quantitative estimate of drug-likeness (QED) is 0.857. The summed E-state index contributed by atoms with van der Waals surface area (Å²) in [6.07, 6.45) is 4.05. The molecule has 0 spiro atoms. The second-order valence-electron chi connectivity index (χ2n) is 6.06. The van der Waals surface area contributed by atoms with E-state index < -0.39 is 0 Å². The molecule has 1 aliphatic rings. The Kier molecular flexibility index (Phi) is 5.28. The van der Waals surface area contributed by atoms with Crippen molar-refractivity contribution in [3.63, 3.8) is 0 Å². The molecule has 1 aliphatic heterocycles. The number of nitriles is 1. The van der Waals surface area contributed by atoms with Crippen LogP contribution in [0.15, 0.2) is 11.1 Å². The number of hydrogen-bond acceptors (Lipinski definition) is 7. The minimum absolute atomic E-state index is 0.0294. The van der Waals surface area contributed by atoms with Crippen molar-refractivity contribution in [2.24, 2.45) is 5.92 Å². The van der Waals surface area contributed by atoms with Crippen LogP contribution in [0.25, 0.3) is 10.3 Å². The molecule has 2 aromatic heterocycles. The first kappa shape index (κ1) is 17.4. The number of carbonyl (C=O) groups excluding carboxylic acids is 1. The summed E-state index contributed by atoms with van der Waals surface area (Å²) in [6, 6.07) is 1.95. The van der Waals surface area contributed by atoms with Gasteiger partial charge in [-0.05, 0) is 19.3 Å². The monoisotopic (exact) mass is 360 g/mol. The second kappa shape index (κ2) is 7.61. The maximum Gasteiger partial charge on any atom is 0.274 e. The number of aromatic nitrogens is 3. The predicted octanol–water partition coefficient (Wildman–Crippen LogP) is 1.12. The van der Waals surface area contributed by atoms with Gasteiger partial charge in [-0.3, -0.25) is 14.2 Å². The number of piperidine rings is 1. The lowest BCUT2D eigenvalue weighted by Crippen LogP contribution is -2.43. The average molecular weight is 360 g/mol. The fraction of sp³-hybridized carbons (Fsp3) is 0.562. The minimum Gasteiger partial charge on any atom is -0.356 e. The van der Waals surface area contributed by atoms with Gasteiger partial charge >= 0.3 is 0 Å². The number of hydrogen-bond donors (Lipinski definition) is 1. The zero-order chi connectivity index (χ0) is 17.8. The van der Waals surface area contributed by atoms with Gasteiger partial charge in [-0.2, -0.15) is 10.2 Å². The average Bonchev–Trinajstić information content (AvgIpc) is 3.07. The third-order valence-corrected chi connectivity index (χ3v) is 5.32. The molecule has 2 aromatic rings. The Labute approximate surface area is 149 Å². The first-order chi connectivity index (χ1) is 12.1. The largest absolute Gasteiger partial charge is 0.356 e. The van der Waals surface area contributed by atoms with Crippen molar-refractivity contribution in [1.29, 1.82) is 5.26 Å². The maximum atomic E-state index is 12.4. The van der Waals surface area contributed by atoms with E-state index in [0.29, 0.717) is 28.6 Å². The molecule has 0 aliphatic carbocycles. The van der Waals surface area contributed by atoms with Gasteiger partial charge in [0.2, 0.25) is 5.91 Å². The van der Waals surface area contributed by atoms with Gasteiger partial charge in [0.25, 0.3) is 5.56 Å². The lowest BCUT2D eigenvalue weighted by atomic mass is 9.97. The van der Waals surface area contributed by atoms with Gasteiger partial charge < -0.3 is 10.2 Å². The van der Waals surface area contributed by atoms with Crippen LogP contribution in [0.4, 0.5) is 5.13 Å². The highest BCUT2D eigenvalue weighted by molar-refractivity contribution is 7.22. The fourth-order valence-electron chi connectivity index (χ4n) is 2.92. The maximum absolute atomic E-state index is 12.4. The smallest absolute Gasteiger partial charge is 0.274 e. The van der Waals surface area contributed by atoms with Crippen molar-refractivity contribution in [2.45, 2.75) is 32.7 Å². The third-order valence-electron chi connectivity index (χ3n) is 4.23. The molecule has 0 saturated carbocycles. The van der Waals surface area contributed by atoms with Crippen molar-refractivity contribution in [3.8, 4) is 6.07 Å². The van der Waals surface area contributed by atoms with Crippen LogP contribution in [0.1, 0.15) is 26.2 Å². The molecule has 1 saturated heterocycles. The molecule has 1 atom stereocenters. The zero-order valence-corrected chi connectivity index (χ0v) is 14.9. The lowest BCUT2D eigenvalue weighted by molar-refractivity contribution is -0.125. The summed E-state index contributed by atoms with van der Waals surface area (Å²) in [7, 11) is 0. The van der Waals surface area contributed by atoms with E-state index in [4.69, 9.17) is 5.26 Å². The second-order valence-corrected chi connectivity index (χ2v) is 7.04. The highest BCUT2D eigenvalue weighted by Gasteiger charge is 2.27. The minimum atomic E-state index is -0.246. The molecule has 0 bridgehead atoms. The number of nitrogens with zero attached hydrogens (tertiary/aromatic N) is 5. The Morgan fingerprint density at radius 3 is 3.16 bits per heavy atom. The topological polar surface area (TPSA) is 104 Å². The molecular formula is C16H20N6O2S. The Bertz CT molecular complexity index is 868. The third kappa shape index (κ3) is 3.64. The van der Waals surface area contributed by atoms with Crippen molar-refractivity contribution in [3.05, 3.63) is 16.7 Å². The molecule has 3 rings (SSSR count). The number of anilines is 1. The predicted molar refractivity (Wildman–Crippen MR) is 95.5 cm³/mol. The van der Waals surface area contributed by atoms with E-state index in [1.54, 1.807) is 0 Å². The summed E-state index contributed by atoms with van der Waals surface area (Å²) >= 11 is 1.28. The summed E-state index contributed by atoms with van der Waals surface area (Å²) in [4.78, 5) is 35.3. The van der Waals surface area contributed by atoms with Crippen LogP contribution < -0.4 is 15.8 Å². The summed E-state index contributed by atoms with van der Waals surface area (Å²) in [5.74, 6) is 0.0256. The van der Waals surface area contributed by atoms with Crippen LogP contribution in [0.3, 0.4) is 0 Å². The van der Waals surface area contributed by atoms with Gasteiger partial charge in [-0.1, -0.05) is 18.3 Å². The van der Waals surface area contributed by atoms with E-state index in [1.165, 1.54) is 22.2 Å². The lowest BCUT2D eigenvalue weighted by Gasteiger charge is -2.31. The number of fused-ring (bicyclic) bond motifs is 1. The number of nitrogens with one attached hydrogen (secondary N) is 1. The van der Waals surface area contributed by atoms with Crippen LogP contribution >= 0.6 is 11.3 Å². The molecular weight excluding hydrogens is 340 g/mol. The van der Waals surface area contributed by atoms with Crippen LogP contribution in [0.5, 0.6) is 0 Å². The standard InChI is InChI=1S/C16H20N6O2S/c1-2-6-18-14(23)11-4-3-7-21(9-11)16-20-13-12(25-16)15(24)22(8-5-17)10-19-13/h10-11H,2-4,6-9H2,1H3,(H,18,23). The molecule has 0 radical (unpaired) electrons. The Hall–Kier alpha value is -2.47. The van der Waals surface area contributed by atoms with Gasteiger partial charge in [-0.25, -0.2) is 4.98 Å². The normalized spacial score (nSPS) is 17.4. The Morgan fingerprint density at radius 1 is 1.56 bits per heavy atom. The Morgan fingerprint density at radius 2 is 2.40 bits per heavy atom. The summed E-state index contributed by atoms with van der Waals surface area (Å²) in [5, 5.41) is 12.4. The van der Waals surface area contributed by atoms with Crippen LogP contribution in [-0.2, 0) is 11.3 Å². The number of carbonyl (C=O) groups is 1. The van der Waals surface area contributed by atoms with Crippen LogP contribution in [0, 0.1) is 17.2 Å². The number of rotatable bonds is 5. The van der Waals surface area contributed by atoms with Gasteiger partial charge in [0.1, 0.15) is 17.6 Å². The van der Waals surface area contributed by atoms with Gasteiger partial charge in [0, 0.05) is 19.6 Å². The summed E-state index contributed by atoms with van der Waals surface area (Å²) in [5.41, 5.74) is 0.154. The van der Waals surface area contributed by atoms with E-state index in [2.05, 4.69) is 20.2 Å².